The molecule has 0 saturated heterocycles. The Balaban J connectivity index is 1.74. The minimum absolute atomic E-state index is 0.00800. The summed E-state index contributed by atoms with van der Waals surface area (Å²) in [4.78, 5) is 15.8. The molecule has 0 aromatic heterocycles. The zero-order chi connectivity index (χ0) is 22.8. The van der Waals surface area contributed by atoms with Gasteiger partial charge >= 0.3 is 0 Å². The first kappa shape index (κ1) is 22.7. The highest BCUT2D eigenvalue weighted by Gasteiger charge is 2.27. The molecule has 0 bridgehead atoms. The van der Waals surface area contributed by atoms with Crippen LogP contribution in [0.5, 0.6) is 17.2 Å². The number of β-amino-alcohol motifs (C(OH)–C–C–N with tert-alkyl or cyclic N) is 1. The molecule has 0 aliphatic carbocycles. The number of fused-ring (bicyclic) bond motifs is 1. The number of methoxy groups -OCH3 is 1. The third-order valence-corrected chi connectivity index (χ3v) is 4.90. The van der Waals surface area contributed by atoms with Crippen molar-refractivity contribution in [3.05, 3.63) is 47.0 Å². The van der Waals surface area contributed by atoms with E-state index in [1.165, 1.54) is 19.2 Å². The summed E-state index contributed by atoms with van der Waals surface area (Å²) in [7, 11) is 1.26. The number of hydrogen-bond donors (Lipinski definition) is 4. The fourth-order valence-electron chi connectivity index (χ4n) is 3.39. The molecule has 8 nitrogen and oxygen atoms in total. The molecule has 0 saturated carbocycles. The maximum Gasteiger partial charge on any atom is 0.262 e. The number of ether oxygens (including phenoxy) is 2. The third kappa shape index (κ3) is 5.22. The molecule has 1 unspecified atom stereocenters. The van der Waals surface area contributed by atoms with Crippen LogP contribution in [0.4, 0.5) is 14.5 Å². The fraction of sp³-hybridized carbons (Fsp3) is 0.381. The predicted octanol–water partition coefficient (Wildman–Crippen LogP) is 2.80. The number of nitrogens with one attached hydrogen (secondary N) is 2. The highest BCUT2D eigenvalue weighted by atomic mass is 19.1. The van der Waals surface area contributed by atoms with Gasteiger partial charge in [-0.05, 0) is 38.0 Å². The van der Waals surface area contributed by atoms with Crippen molar-refractivity contribution >= 4 is 11.6 Å². The monoisotopic (exact) mass is 438 g/mol. The number of amides is 1. The van der Waals surface area contributed by atoms with Gasteiger partial charge in [0.2, 0.25) is 0 Å². The molecule has 31 heavy (non-hydrogen) atoms. The van der Waals surface area contributed by atoms with Crippen LogP contribution < -0.4 is 25.0 Å². The van der Waals surface area contributed by atoms with Crippen LogP contribution in [0.2, 0.25) is 0 Å². The van der Waals surface area contributed by atoms with Crippen molar-refractivity contribution in [1.29, 1.82) is 0 Å². The molecule has 1 heterocycles. The van der Waals surface area contributed by atoms with Crippen molar-refractivity contribution < 1.29 is 38.3 Å². The van der Waals surface area contributed by atoms with Crippen LogP contribution in [0.1, 0.15) is 31.1 Å². The molecule has 2 aromatic carbocycles. The van der Waals surface area contributed by atoms with E-state index in [2.05, 4.69) is 15.5 Å². The quantitative estimate of drug-likeness (QED) is 0.371. The number of aliphatic hydroxyl groups excluding tert-OH is 1. The molecule has 4 N–H and O–H groups in total. The lowest BCUT2D eigenvalue weighted by Crippen LogP contribution is -2.43. The maximum atomic E-state index is 14.3. The number of carbonyl (C=O) groups excluding carboxylic acids is 1. The van der Waals surface area contributed by atoms with E-state index in [-0.39, 0.29) is 59.5 Å². The van der Waals surface area contributed by atoms with Gasteiger partial charge in [0.25, 0.3) is 5.91 Å². The molecule has 2 aromatic rings. The summed E-state index contributed by atoms with van der Waals surface area (Å²) < 4.78 is 38.5. The van der Waals surface area contributed by atoms with Gasteiger partial charge in [-0.1, -0.05) is 0 Å². The van der Waals surface area contributed by atoms with E-state index >= 15 is 0 Å². The average molecular weight is 438 g/mol. The Kier molecular flexibility index (Phi) is 6.63. The van der Waals surface area contributed by atoms with Crippen molar-refractivity contribution in [2.45, 2.75) is 31.9 Å². The van der Waals surface area contributed by atoms with Crippen LogP contribution >= 0.6 is 0 Å². The second-order valence-electron chi connectivity index (χ2n) is 7.85. The summed E-state index contributed by atoms with van der Waals surface area (Å²) in [6, 6.07) is 4.83. The van der Waals surface area contributed by atoms with Crippen molar-refractivity contribution in [3.8, 4) is 17.2 Å². The smallest absolute Gasteiger partial charge is 0.262 e. The molecule has 0 fully saturated rings. The first-order valence-corrected chi connectivity index (χ1v) is 9.50. The maximum absolute atomic E-state index is 14.3. The molecular formula is C21H24F2N2O6. The topological polar surface area (TPSA) is 109 Å². The Morgan fingerprint density at radius 1 is 1.26 bits per heavy atom. The minimum Gasteiger partial charge on any atom is -0.494 e. The van der Waals surface area contributed by atoms with Crippen molar-refractivity contribution in [3.63, 3.8) is 0 Å². The zero-order valence-corrected chi connectivity index (χ0v) is 17.3. The zero-order valence-electron chi connectivity index (χ0n) is 17.3. The Labute approximate surface area is 177 Å². The number of carbonyl (C=O) groups is 1. The minimum atomic E-state index is -1.12. The summed E-state index contributed by atoms with van der Waals surface area (Å²) in [6.45, 7) is 3.36. The number of benzene rings is 2. The van der Waals surface area contributed by atoms with Crippen LogP contribution in [0.3, 0.4) is 0 Å². The molecule has 1 aliphatic rings. The normalized spacial score (nSPS) is 14.4. The third-order valence-electron chi connectivity index (χ3n) is 4.90. The highest BCUT2D eigenvalue weighted by molar-refractivity contribution is 5.96. The molecule has 1 atom stereocenters. The largest absolute Gasteiger partial charge is 0.494 e. The standard InChI is InChI=1S/C21H24F2N2O6/c1-21(2,8-11-4-15(23)18(29-3)7-14(11)22)24-9-17(26)13-5-12(31-28)6-16-20(13)30-10-19(27)25-16/h4-7,17,24,26,28H,8-10H2,1-3H3,(H,25,27). The summed E-state index contributed by atoms with van der Waals surface area (Å²) >= 11 is 0. The fourth-order valence-corrected chi connectivity index (χ4v) is 3.39. The van der Waals surface area contributed by atoms with Gasteiger partial charge in [0.15, 0.2) is 23.9 Å². The van der Waals surface area contributed by atoms with Gasteiger partial charge in [0.05, 0.1) is 18.9 Å². The lowest BCUT2D eigenvalue weighted by Gasteiger charge is -2.29. The molecule has 3 rings (SSSR count). The predicted molar refractivity (Wildman–Crippen MR) is 107 cm³/mol. The van der Waals surface area contributed by atoms with Gasteiger partial charge in [0, 0.05) is 29.8 Å². The molecule has 1 amide bonds. The van der Waals surface area contributed by atoms with Gasteiger partial charge in [-0.3, -0.25) is 4.79 Å². The van der Waals surface area contributed by atoms with Gasteiger partial charge < -0.3 is 30.1 Å². The molecule has 168 valence electrons. The molecular weight excluding hydrogens is 414 g/mol. The molecule has 10 heteroatoms. The lowest BCUT2D eigenvalue weighted by atomic mass is 9.93. The number of rotatable bonds is 8. The first-order chi connectivity index (χ1) is 14.6. The second-order valence-corrected chi connectivity index (χ2v) is 7.85. The SMILES string of the molecule is COc1cc(F)c(CC(C)(C)NCC(O)c2cc(OO)cc3c2OCC(=O)N3)cc1F. The van der Waals surface area contributed by atoms with Gasteiger partial charge in [-0.15, -0.1) is 0 Å². The summed E-state index contributed by atoms with van der Waals surface area (Å²) in [5.41, 5.74) is -0.0221. The van der Waals surface area contributed by atoms with Gasteiger partial charge in [-0.2, -0.15) is 0 Å². The van der Waals surface area contributed by atoms with Crippen molar-refractivity contribution in [2.75, 3.05) is 25.6 Å². The number of anilines is 1. The summed E-state index contributed by atoms with van der Waals surface area (Å²) in [6.07, 6.45) is -0.979. The highest BCUT2D eigenvalue weighted by Crippen LogP contribution is 2.39. The summed E-state index contributed by atoms with van der Waals surface area (Å²) in [5.74, 6) is -1.55. The molecule has 1 aliphatic heterocycles. The van der Waals surface area contributed by atoms with Crippen LogP contribution in [0.25, 0.3) is 0 Å². The van der Waals surface area contributed by atoms with Gasteiger partial charge in [-0.25, -0.2) is 14.0 Å². The van der Waals surface area contributed by atoms with E-state index in [9.17, 15) is 18.7 Å². The van der Waals surface area contributed by atoms with E-state index in [1.807, 2.05) is 0 Å². The number of hydrogen-bond acceptors (Lipinski definition) is 7. The Morgan fingerprint density at radius 2 is 2.00 bits per heavy atom. The number of halogens is 2. The number of aliphatic hydroxyl groups is 1. The van der Waals surface area contributed by atoms with E-state index in [0.29, 0.717) is 0 Å². The first-order valence-electron chi connectivity index (χ1n) is 9.50. The van der Waals surface area contributed by atoms with E-state index in [0.717, 1.165) is 12.1 Å². The Bertz CT molecular complexity index is 983. The molecule has 0 spiro atoms. The van der Waals surface area contributed by atoms with Crippen LogP contribution in [-0.4, -0.2) is 42.1 Å². The Hall–Kier alpha value is -2.95. The van der Waals surface area contributed by atoms with Crippen LogP contribution in [-0.2, 0) is 11.2 Å². The van der Waals surface area contributed by atoms with Crippen molar-refractivity contribution in [2.24, 2.45) is 0 Å². The summed E-state index contributed by atoms with van der Waals surface area (Å²) in [5, 5.41) is 25.4. The van der Waals surface area contributed by atoms with Gasteiger partial charge in [0.1, 0.15) is 11.6 Å². The van der Waals surface area contributed by atoms with E-state index in [4.69, 9.17) is 14.7 Å². The van der Waals surface area contributed by atoms with Crippen LogP contribution in [0.15, 0.2) is 24.3 Å². The lowest BCUT2D eigenvalue weighted by molar-refractivity contribution is -0.137. The average Bonchev–Trinajstić information content (AvgIpc) is 2.73. The van der Waals surface area contributed by atoms with Crippen LogP contribution in [0, 0.1) is 11.6 Å². The van der Waals surface area contributed by atoms with E-state index in [1.54, 1.807) is 13.8 Å². The van der Waals surface area contributed by atoms with E-state index < -0.39 is 23.3 Å². The second kappa shape index (κ2) is 9.04. The Morgan fingerprint density at radius 3 is 2.68 bits per heavy atom. The molecule has 0 radical (unpaired) electrons. The van der Waals surface area contributed by atoms with Crippen molar-refractivity contribution in [1.82, 2.24) is 5.32 Å².